The van der Waals surface area contributed by atoms with Crippen molar-refractivity contribution in [2.75, 3.05) is 37.7 Å². The first kappa shape index (κ1) is 33.7. The molecule has 1 aromatic heterocycles. The van der Waals surface area contributed by atoms with Gasteiger partial charge in [0.05, 0.1) is 26.7 Å². The number of nitrogens with zero attached hydrogens (tertiary/aromatic N) is 2. The average Bonchev–Trinajstić information content (AvgIpc) is 3.36. The molecule has 3 N–H and O–H groups in total. The number of fused-ring (bicyclic) bond motifs is 1. The van der Waals surface area contributed by atoms with Crippen LogP contribution in [0.4, 0.5) is 0 Å². The van der Waals surface area contributed by atoms with Crippen molar-refractivity contribution in [3.05, 3.63) is 40.9 Å². The van der Waals surface area contributed by atoms with Crippen molar-refractivity contribution in [2.45, 2.75) is 71.9 Å². The third kappa shape index (κ3) is 9.88. The first-order valence-electron chi connectivity index (χ1n) is 14.8. The van der Waals surface area contributed by atoms with Crippen LogP contribution in [0.15, 0.2) is 30.4 Å². The standard InChI is InChI=1S/C30H45N5O5S2/c1-6-9-27(36)32-24(17-28-33-23-11-10-22(8-3)16-26(23)41-28)30(38)34-25(20(4)7-2)18-31-29(37)21(5)19-35-12-14-42(39,40)15-13-35/h10-11,16,20,24-25H,5-9,12-15,17-19H2,1-4H3,(H,31,37)(H,32,36)(H,34,38)/t20-,24-,25+/m0/s1. The summed E-state index contributed by atoms with van der Waals surface area (Å²) in [5, 5.41) is 9.63. The van der Waals surface area contributed by atoms with Crippen molar-refractivity contribution in [1.29, 1.82) is 0 Å². The predicted molar refractivity (Wildman–Crippen MR) is 168 cm³/mol. The molecule has 232 valence electrons. The van der Waals surface area contributed by atoms with Gasteiger partial charge in [-0.3, -0.25) is 19.3 Å². The van der Waals surface area contributed by atoms with Gasteiger partial charge in [0.1, 0.15) is 6.04 Å². The van der Waals surface area contributed by atoms with Crippen LogP contribution in [0.5, 0.6) is 0 Å². The number of rotatable bonds is 15. The molecular weight excluding hydrogens is 574 g/mol. The Hall–Kier alpha value is -2.83. The maximum absolute atomic E-state index is 13.6. The van der Waals surface area contributed by atoms with Crippen molar-refractivity contribution < 1.29 is 22.8 Å². The van der Waals surface area contributed by atoms with Gasteiger partial charge in [0.2, 0.25) is 17.7 Å². The number of hydrogen-bond donors (Lipinski definition) is 3. The molecule has 42 heavy (non-hydrogen) atoms. The number of carbonyl (C=O) groups excluding carboxylic acids is 3. The molecule has 0 spiro atoms. The Morgan fingerprint density at radius 3 is 2.48 bits per heavy atom. The molecule has 0 unspecified atom stereocenters. The van der Waals surface area contributed by atoms with Crippen LogP contribution in [0.2, 0.25) is 0 Å². The van der Waals surface area contributed by atoms with Gasteiger partial charge in [0, 0.05) is 50.6 Å². The number of benzene rings is 1. The summed E-state index contributed by atoms with van der Waals surface area (Å²) in [6.45, 7) is 13.2. The molecule has 0 saturated carbocycles. The van der Waals surface area contributed by atoms with Gasteiger partial charge >= 0.3 is 0 Å². The molecule has 1 saturated heterocycles. The number of nitrogens with one attached hydrogen (secondary N) is 3. The van der Waals surface area contributed by atoms with Gasteiger partial charge in [-0.15, -0.1) is 11.3 Å². The third-order valence-electron chi connectivity index (χ3n) is 7.73. The van der Waals surface area contributed by atoms with Gasteiger partial charge in [-0.05, 0) is 36.5 Å². The summed E-state index contributed by atoms with van der Waals surface area (Å²) in [6, 6.07) is 4.98. The minimum Gasteiger partial charge on any atom is -0.350 e. The molecule has 3 atom stereocenters. The number of aromatic nitrogens is 1. The second-order valence-electron chi connectivity index (χ2n) is 11.1. The third-order valence-corrected chi connectivity index (χ3v) is 10.4. The summed E-state index contributed by atoms with van der Waals surface area (Å²) in [5.41, 5.74) is 2.43. The summed E-state index contributed by atoms with van der Waals surface area (Å²) in [6.07, 6.45) is 2.95. The number of sulfone groups is 1. The van der Waals surface area contributed by atoms with E-state index in [9.17, 15) is 22.8 Å². The second-order valence-corrected chi connectivity index (χ2v) is 14.5. The molecule has 1 aromatic carbocycles. The predicted octanol–water partition coefficient (Wildman–Crippen LogP) is 2.62. The van der Waals surface area contributed by atoms with E-state index >= 15 is 0 Å². The molecular formula is C30H45N5O5S2. The fourth-order valence-electron chi connectivity index (χ4n) is 4.74. The molecule has 1 aliphatic heterocycles. The fourth-order valence-corrected chi connectivity index (χ4v) is 7.09. The number of aryl methyl sites for hydroxylation is 1. The molecule has 2 aromatic rings. The number of carbonyl (C=O) groups is 3. The molecule has 10 nitrogen and oxygen atoms in total. The van der Waals surface area contributed by atoms with E-state index in [1.165, 1.54) is 16.9 Å². The zero-order chi connectivity index (χ0) is 30.9. The van der Waals surface area contributed by atoms with Gasteiger partial charge in [-0.25, -0.2) is 13.4 Å². The normalized spacial score (nSPS) is 17.2. The Balaban J connectivity index is 1.66. The van der Waals surface area contributed by atoms with Crippen molar-refractivity contribution in [3.63, 3.8) is 0 Å². The lowest BCUT2D eigenvalue weighted by Gasteiger charge is -2.28. The van der Waals surface area contributed by atoms with Crippen LogP contribution in [0.3, 0.4) is 0 Å². The Labute approximate surface area is 253 Å². The highest BCUT2D eigenvalue weighted by Gasteiger charge is 2.28. The highest BCUT2D eigenvalue weighted by atomic mass is 32.2. The van der Waals surface area contributed by atoms with Crippen molar-refractivity contribution in [1.82, 2.24) is 25.8 Å². The quantitative estimate of drug-likeness (QED) is 0.261. The van der Waals surface area contributed by atoms with Gasteiger partial charge in [-0.2, -0.15) is 0 Å². The van der Waals surface area contributed by atoms with E-state index in [0.29, 0.717) is 31.5 Å². The number of amides is 3. The van der Waals surface area contributed by atoms with Gasteiger partial charge in [0.25, 0.3) is 0 Å². The number of thiazole rings is 1. The monoisotopic (exact) mass is 619 g/mol. The zero-order valence-corrected chi connectivity index (χ0v) is 26.8. The molecule has 3 rings (SSSR count). The minimum absolute atomic E-state index is 0.0525. The van der Waals surface area contributed by atoms with Gasteiger partial charge in [-0.1, -0.05) is 46.8 Å². The van der Waals surface area contributed by atoms with Gasteiger partial charge in [0.15, 0.2) is 9.84 Å². The highest BCUT2D eigenvalue weighted by molar-refractivity contribution is 7.91. The van der Waals surface area contributed by atoms with Crippen LogP contribution in [0.25, 0.3) is 10.2 Å². The van der Waals surface area contributed by atoms with E-state index in [0.717, 1.165) is 28.1 Å². The van der Waals surface area contributed by atoms with E-state index in [4.69, 9.17) is 4.98 Å². The summed E-state index contributed by atoms with van der Waals surface area (Å²) >= 11 is 1.53. The smallest absolute Gasteiger partial charge is 0.247 e. The largest absolute Gasteiger partial charge is 0.350 e. The lowest BCUT2D eigenvalue weighted by molar-refractivity contribution is -0.129. The maximum atomic E-state index is 13.6. The molecule has 1 fully saturated rings. The summed E-state index contributed by atoms with van der Waals surface area (Å²) in [4.78, 5) is 45.6. The Kier molecular flexibility index (Phi) is 12.5. The van der Waals surface area contributed by atoms with Crippen LogP contribution in [-0.4, -0.2) is 85.8 Å². The van der Waals surface area contributed by atoms with Crippen LogP contribution >= 0.6 is 11.3 Å². The van der Waals surface area contributed by atoms with Crippen LogP contribution < -0.4 is 16.0 Å². The van der Waals surface area contributed by atoms with Crippen LogP contribution in [0, 0.1) is 5.92 Å². The van der Waals surface area contributed by atoms with Crippen molar-refractivity contribution >= 4 is 49.1 Å². The fraction of sp³-hybridized carbons (Fsp3) is 0.600. The molecule has 0 aliphatic carbocycles. The molecule has 0 bridgehead atoms. The SMILES string of the molecule is C=C(CN1CCS(=O)(=O)CC1)C(=O)NC[C@@H](NC(=O)[C@H](Cc1nc2ccc(CC)cc2s1)NC(=O)CCC)[C@@H](C)CC. The van der Waals surface area contributed by atoms with E-state index in [1.54, 1.807) is 0 Å². The van der Waals surface area contributed by atoms with Crippen molar-refractivity contribution in [2.24, 2.45) is 5.92 Å². The van der Waals surface area contributed by atoms with E-state index < -0.39 is 15.9 Å². The molecule has 0 radical (unpaired) electrons. The summed E-state index contributed by atoms with van der Waals surface area (Å²) in [7, 11) is -3.01. The average molecular weight is 620 g/mol. The van der Waals surface area contributed by atoms with Crippen LogP contribution in [0.1, 0.15) is 57.5 Å². The number of hydrogen-bond acceptors (Lipinski definition) is 8. The van der Waals surface area contributed by atoms with Gasteiger partial charge < -0.3 is 16.0 Å². The van der Waals surface area contributed by atoms with Crippen LogP contribution in [-0.2, 0) is 37.1 Å². The second kappa shape index (κ2) is 15.6. The topological polar surface area (TPSA) is 138 Å². The Bertz CT molecular complexity index is 1360. The summed E-state index contributed by atoms with van der Waals surface area (Å²) < 4.78 is 24.4. The maximum Gasteiger partial charge on any atom is 0.247 e. The Morgan fingerprint density at radius 2 is 1.83 bits per heavy atom. The first-order chi connectivity index (χ1) is 19.9. The van der Waals surface area contributed by atoms with E-state index in [1.807, 2.05) is 31.7 Å². The van der Waals surface area contributed by atoms with E-state index in [2.05, 4.69) is 41.6 Å². The molecule has 1 aliphatic rings. The first-order valence-corrected chi connectivity index (χ1v) is 17.4. The highest BCUT2D eigenvalue weighted by Crippen LogP contribution is 2.25. The molecule has 2 heterocycles. The lowest BCUT2D eigenvalue weighted by atomic mass is 9.98. The minimum atomic E-state index is -3.01. The summed E-state index contributed by atoms with van der Waals surface area (Å²) in [5.74, 6) is -0.632. The van der Waals surface area contributed by atoms with E-state index in [-0.39, 0.29) is 60.7 Å². The molecule has 12 heteroatoms. The zero-order valence-electron chi connectivity index (χ0n) is 25.2. The Morgan fingerprint density at radius 1 is 1.12 bits per heavy atom. The lowest BCUT2D eigenvalue weighted by Crippen LogP contribution is -2.54. The molecule has 3 amide bonds. The van der Waals surface area contributed by atoms with Crippen molar-refractivity contribution in [3.8, 4) is 0 Å².